The van der Waals surface area contributed by atoms with Gasteiger partial charge in [-0.1, -0.05) is 6.08 Å². The van der Waals surface area contributed by atoms with Crippen LogP contribution in [0.2, 0.25) is 0 Å². The van der Waals surface area contributed by atoms with Crippen LogP contribution in [0.25, 0.3) is 0 Å². The Kier molecular flexibility index (Phi) is 6.88. The van der Waals surface area contributed by atoms with Gasteiger partial charge in [-0.05, 0) is 25.8 Å². The summed E-state index contributed by atoms with van der Waals surface area (Å²) in [5, 5.41) is 10.2. The van der Waals surface area contributed by atoms with Gasteiger partial charge in [0.2, 0.25) is 5.70 Å². The number of rotatable bonds is 7. The summed E-state index contributed by atoms with van der Waals surface area (Å²) in [6.07, 6.45) is 5.63. The van der Waals surface area contributed by atoms with Crippen LogP contribution >= 0.6 is 0 Å². The summed E-state index contributed by atoms with van der Waals surface area (Å²) in [6, 6.07) is 0. The molecule has 15 heavy (non-hydrogen) atoms. The van der Waals surface area contributed by atoms with Crippen molar-refractivity contribution in [2.75, 3.05) is 7.11 Å². The van der Waals surface area contributed by atoms with E-state index in [1.54, 1.807) is 6.08 Å². The van der Waals surface area contributed by atoms with Crippen LogP contribution in [0.3, 0.4) is 0 Å². The summed E-state index contributed by atoms with van der Waals surface area (Å²) in [6.45, 7) is 3.32. The largest absolute Gasteiger partial charge is 0.466 e. The SMILES string of the molecule is C=C(CCCC/C=C\C(=O)OC)[N+](=O)[O-]. The number of nitrogens with zero attached hydrogens (tertiary/aromatic N) is 1. The second-order valence-electron chi connectivity index (χ2n) is 2.99. The van der Waals surface area contributed by atoms with Gasteiger partial charge in [0.25, 0.3) is 0 Å². The van der Waals surface area contributed by atoms with E-state index >= 15 is 0 Å². The number of nitro groups is 1. The maximum absolute atomic E-state index is 10.6. The first-order valence-corrected chi connectivity index (χ1v) is 4.64. The van der Waals surface area contributed by atoms with Gasteiger partial charge in [0.15, 0.2) is 0 Å². The van der Waals surface area contributed by atoms with Gasteiger partial charge in [0, 0.05) is 12.5 Å². The monoisotopic (exact) mass is 213 g/mol. The summed E-state index contributed by atoms with van der Waals surface area (Å²) >= 11 is 0. The summed E-state index contributed by atoms with van der Waals surface area (Å²) in [5.74, 6) is -0.385. The quantitative estimate of drug-likeness (QED) is 0.213. The van der Waals surface area contributed by atoms with Crippen molar-refractivity contribution in [1.82, 2.24) is 0 Å². The van der Waals surface area contributed by atoms with Crippen molar-refractivity contribution in [2.45, 2.75) is 25.7 Å². The number of carbonyl (C=O) groups excluding carboxylic acids is 1. The molecule has 0 amide bonds. The minimum absolute atomic E-state index is 0.0342. The van der Waals surface area contributed by atoms with E-state index in [9.17, 15) is 14.9 Å². The van der Waals surface area contributed by atoms with Crippen molar-refractivity contribution in [3.8, 4) is 0 Å². The van der Waals surface area contributed by atoms with E-state index in [1.807, 2.05) is 0 Å². The van der Waals surface area contributed by atoms with Crippen molar-refractivity contribution in [2.24, 2.45) is 0 Å². The number of esters is 1. The minimum atomic E-state index is -0.468. The summed E-state index contributed by atoms with van der Waals surface area (Å²) < 4.78 is 4.40. The lowest BCUT2D eigenvalue weighted by Gasteiger charge is -1.95. The van der Waals surface area contributed by atoms with Crippen LogP contribution < -0.4 is 0 Å². The molecule has 0 aliphatic rings. The number of carbonyl (C=O) groups is 1. The molecule has 0 spiro atoms. The molecule has 0 rings (SSSR count). The highest BCUT2D eigenvalue weighted by molar-refractivity contribution is 5.81. The van der Waals surface area contributed by atoms with Gasteiger partial charge in [0.05, 0.1) is 12.0 Å². The van der Waals surface area contributed by atoms with E-state index in [-0.39, 0.29) is 11.7 Å². The molecule has 0 radical (unpaired) electrons. The Hall–Kier alpha value is -1.65. The van der Waals surface area contributed by atoms with Crippen molar-refractivity contribution >= 4 is 5.97 Å². The third kappa shape index (κ3) is 7.42. The minimum Gasteiger partial charge on any atom is -0.466 e. The van der Waals surface area contributed by atoms with Crippen LogP contribution in [0.5, 0.6) is 0 Å². The molecular formula is C10H15NO4. The van der Waals surface area contributed by atoms with Crippen LogP contribution in [-0.4, -0.2) is 18.0 Å². The van der Waals surface area contributed by atoms with Crippen LogP contribution in [0, 0.1) is 10.1 Å². The maximum Gasteiger partial charge on any atom is 0.330 e. The maximum atomic E-state index is 10.6. The highest BCUT2D eigenvalue weighted by Gasteiger charge is 2.04. The lowest BCUT2D eigenvalue weighted by atomic mass is 10.1. The average molecular weight is 213 g/mol. The molecule has 0 fully saturated rings. The zero-order chi connectivity index (χ0) is 11.7. The summed E-state index contributed by atoms with van der Waals surface area (Å²) in [7, 11) is 1.31. The Bertz CT molecular complexity index is 271. The van der Waals surface area contributed by atoms with Gasteiger partial charge in [-0.25, -0.2) is 4.79 Å². The zero-order valence-corrected chi connectivity index (χ0v) is 8.77. The smallest absolute Gasteiger partial charge is 0.330 e. The molecule has 84 valence electrons. The molecule has 0 aromatic heterocycles. The molecule has 0 saturated heterocycles. The lowest BCUT2D eigenvalue weighted by molar-refractivity contribution is -0.427. The second-order valence-corrected chi connectivity index (χ2v) is 2.99. The molecule has 0 unspecified atom stereocenters. The number of allylic oxidation sites excluding steroid dienone is 2. The highest BCUT2D eigenvalue weighted by Crippen LogP contribution is 2.07. The molecule has 5 heteroatoms. The van der Waals surface area contributed by atoms with Gasteiger partial charge < -0.3 is 4.74 Å². The summed E-state index contributed by atoms with van der Waals surface area (Å²) in [5.41, 5.74) is 0.0342. The van der Waals surface area contributed by atoms with Crippen molar-refractivity contribution < 1.29 is 14.5 Å². The number of unbranched alkanes of at least 4 members (excludes halogenated alkanes) is 2. The predicted octanol–water partition coefficient (Wildman–Crippen LogP) is 2.07. The van der Waals surface area contributed by atoms with Gasteiger partial charge in [-0.2, -0.15) is 0 Å². The van der Waals surface area contributed by atoms with Crippen molar-refractivity contribution in [3.63, 3.8) is 0 Å². The number of hydrogen-bond donors (Lipinski definition) is 0. The molecule has 0 saturated carbocycles. The van der Waals surface area contributed by atoms with E-state index in [2.05, 4.69) is 11.3 Å². The van der Waals surface area contributed by atoms with Crippen LogP contribution in [0.4, 0.5) is 0 Å². The fourth-order valence-electron chi connectivity index (χ4n) is 0.930. The molecule has 5 nitrogen and oxygen atoms in total. The molecule has 0 bridgehead atoms. The third-order valence-corrected chi connectivity index (χ3v) is 1.80. The Labute approximate surface area is 88.6 Å². The Morgan fingerprint density at radius 3 is 2.73 bits per heavy atom. The van der Waals surface area contributed by atoms with E-state index < -0.39 is 4.92 Å². The van der Waals surface area contributed by atoms with Gasteiger partial charge in [0.1, 0.15) is 0 Å². The first-order valence-electron chi connectivity index (χ1n) is 4.64. The zero-order valence-electron chi connectivity index (χ0n) is 8.77. The van der Waals surface area contributed by atoms with E-state index in [0.29, 0.717) is 19.3 Å². The number of methoxy groups -OCH3 is 1. The molecule has 0 aliphatic heterocycles. The van der Waals surface area contributed by atoms with Gasteiger partial charge in [-0.15, -0.1) is 0 Å². The van der Waals surface area contributed by atoms with E-state index in [0.717, 1.165) is 6.42 Å². The van der Waals surface area contributed by atoms with E-state index in [1.165, 1.54) is 13.2 Å². The van der Waals surface area contributed by atoms with Crippen LogP contribution in [0.15, 0.2) is 24.4 Å². The number of ether oxygens (including phenoxy) is 1. The van der Waals surface area contributed by atoms with Crippen molar-refractivity contribution in [1.29, 1.82) is 0 Å². The Morgan fingerprint density at radius 2 is 2.20 bits per heavy atom. The van der Waals surface area contributed by atoms with Gasteiger partial charge in [-0.3, -0.25) is 10.1 Å². The third-order valence-electron chi connectivity index (χ3n) is 1.80. The van der Waals surface area contributed by atoms with Crippen molar-refractivity contribution in [3.05, 3.63) is 34.5 Å². The standard InChI is InChI=1S/C10H15NO4/c1-9(11(13)14)7-5-3-4-6-8-10(12)15-2/h6,8H,1,3-5,7H2,2H3/b8-6-. The molecule has 0 heterocycles. The Balaban J connectivity index is 3.48. The van der Waals surface area contributed by atoms with Crippen LogP contribution in [0.1, 0.15) is 25.7 Å². The fraction of sp³-hybridized carbons (Fsp3) is 0.500. The molecule has 0 aromatic rings. The normalized spacial score (nSPS) is 10.2. The number of hydrogen-bond acceptors (Lipinski definition) is 4. The molecule has 0 N–H and O–H groups in total. The summed E-state index contributed by atoms with van der Waals surface area (Å²) in [4.78, 5) is 20.3. The van der Waals surface area contributed by atoms with E-state index in [4.69, 9.17) is 0 Å². The Morgan fingerprint density at radius 1 is 1.53 bits per heavy atom. The molecule has 0 aliphatic carbocycles. The highest BCUT2D eigenvalue weighted by atomic mass is 16.6. The van der Waals surface area contributed by atoms with Gasteiger partial charge >= 0.3 is 5.97 Å². The fourth-order valence-corrected chi connectivity index (χ4v) is 0.930. The van der Waals surface area contributed by atoms with Crippen LogP contribution in [-0.2, 0) is 9.53 Å². The molecule has 0 aromatic carbocycles. The lowest BCUT2D eigenvalue weighted by Crippen LogP contribution is -1.96. The first kappa shape index (κ1) is 13.4. The second kappa shape index (κ2) is 7.73. The topological polar surface area (TPSA) is 69.4 Å². The molecule has 0 atom stereocenters. The predicted molar refractivity (Wildman–Crippen MR) is 55.8 cm³/mol. The average Bonchev–Trinajstić information content (AvgIpc) is 2.22. The molecular weight excluding hydrogens is 198 g/mol. The first-order chi connectivity index (χ1) is 7.07.